The lowest BCUT2D eigenvalue weighted by molar-refractivity contribution is 0.199. The fourth-order valence-corrected chi connectivity index (χ4v) is 2.50. The predicted octanol–water partition coefficient (Wildman–Crippen LogP) is 2.57. The fourth-order valence-electron chi connectivity index (χ4n) is 1.58. The molecule has 0 unspecified atom stereocenters. The highest BCUT2D eigenvalue weighted by atomic mass is 32.2. The summed E-state index contributed by atoms with van der Waals surface area (Å²) < 4.78 is 0. The van der Waals surface area contributed by atoms with Gasteiger partial charge in [-0.05, 0) is 37.7 Å². The minimum Gasteiger partial charge on any atom is -0.389 e. The van der Waals surface area contributed by atoms with Crippen LogP contribution in [0.4, 0.5) is 0 Å². The Labute approximate surface area is 108 Å². The topological polar surface area (TPSA) is 36.4 Å². The van der Waals surface area contributed by atoms with Gasteiger partial charge in [0.25, 0.3) is 0 Å². The summed E-state index contributed by atoms with van der Waals surface area (Å²) in [4.78, 5) is 6.70. The number of aliphatic hydroxyl groups is 1. The average molecular weight is 254 g/mol. The Morgan fingerprint density at radius 3 is 2.71 bits per heavy atom. The van der Waals surface area contributed by atoms with Crippen LogP contribution in [0.3, 0.4) is 0 Å². The van der Waals surface area contributed by atoms with Gasteiger partial charge in [-0.2, -0.15) is 0 Å². The van der Waals surface area contributed by atoms with Crippen LogP contribution in [0, 0.1) is 0 Å². The molecule has 1 atom stereocenters. The molecule has 0 bridgehead atoms. The van der Waals surface area contributed by atoms with Gasteiger partial charge in [-0.25, -0.2) is 4.98 Å². The third-order valence-corrected chi connectivity index (χ3v) is 3.70. The second kappa shape index (κ2) is 7.69. The Kier molecular flexibility index (Phi) is 6.55. The summed E-state index contributed by atoms with van der Waals surface area (Å²) in [6.07, 6.45) is 1.35. The predicted molar refractivity (Wildman–Crippen MR) is 73.4 cm³/mol. The van der Waals surface area contributed by atoms with Gasteiger partial charge in [0, 0.05) is 18.5 Å². The van der Waals surface area contributed by atoms with Gasteiger partial charge < -0.3 is 10.0 Å². The zero-order valence-electron chi connectivity index (χ0n) is 10.9. The second-order valence-corrected chi connectivity index (χ2v) is 5.09. The molecule has 1 heterocycles. The van der Waals surface area contributed by atoms with Crippen molar-refractivity contribution >= 4 is 11.8 Å². The van der Waals surface area contributed by atoms with Gasteiger partial charge in [-0.3, -0.25) is 0 Å². The number of rotatable bonds is 7. The summed E-state index contributed by atoms with van der Waals surface area (Å²) in [5.41, 5.74) is 0.935. The minimum absolute atomic E-state index is 0.417. The third-order valence-electron chi connectivity index (χ3n) is 2.79. The van der Waals surface area contributed by atoms with E-state index in [-0.39, 0.29) is 0 Å². The first-order chi connectivity index (χ1) is 8.17. The maximum atomic E-state index is 9.49. The minimum atomic E-state index is -0.417. The van der Waals surface area contributed by atoms with Crippen LogP contribution in [0.15, 0.2) is 23.4 Å². The molecule has 1 aromatic rings. The summed E-state index contributed by atoms with van der Waals surface area (Å²) in [5, 5.41) is 10.5. The summed E-state index contributed by atoms with van der Waals surface area (Å²) in [6, 6.07) is 3.83. The Bertz CT molecular complexity index is 327. The van der Waals surface area contributed by atoms with Crippen molar-refractivity contribution in [3.8, 4) is 0 Å². The molecule has 96 valence electrons. The van der Waals surface area contributed by atoms with Crippen LogP contribution in [0.5, 0.6) is 0 Å². The molecule has 4 heteroatoms. The summed E-state index contributed by atoms with van der Waals surface area (Å²) in [6.45, 7) is 9.41. The molecule has 3 nitrogen and oxygen atoms in total. The standard InChI is InChI=1S/C13H22N2OS/c1-4-15(5-2)8-9-17-13-10-12(11(3)16)6-7-14-13/h6-7,10-11,16H,4-5,8-9H2,1-3H3/t11-/m0/s1. The van der Waals surface area contributed by atoms with E-state index in [9.17, 15) is 5.11 Å². The smallest absolute Gasteiger partial charge is 0.0963 e. The van der Waals surface area contributed by atoms with Crippen LogP contribution in [0.25, 0.3) is 0 Å². The molecular formula is C13H22N2OS. The number of aromatic nitrogens is 1. The highest BCUT2D eigenvalue weighted by molar-refractivity contribution is 7.99. The molecule has 1 rings (SSSR count). The zero-order valence-corrected chi connectivity index (χ0v) is 11.7. The molecular weight excluding hydrogens is 232 g/mol. The number of hydrogen-bond acceptors (Lipinski definition) is 4. The number of nitrogens with zero attached hydrogens (tertiary/aromatic N) is 2. The molecule has 0 spiro atoms. The fraction of sp³-hybridized carbons (Fsp3) is 0.615. The Hall–Kier alpha value is -0.580. The van der Waals surface area contributed by atoms with Crippen molar-refractivity contribution in [3.05, 3.63) is 23.9 Å². The second-order valence-electron chi connectivity index (χ2n) is 3.98. The molecule has 0 amide bonds. The van der Waals surface area contributed by atoms with E-state index in [0.717, 1.165) is 36.0 Å². The van der Waals surface area contributed by atoms with E-state index in [1.807, 2.05) is 12.1 Å². The van der Waals surface area contributed by atoms with Gasteiger partial charge in [-0.1, -0.05) is 13.8 Å². The molecule has 0 saturated heterocycles. The number of pyridine rings is 1. The molecule has 0 radical (unpaired) electrons. The largest absolute Gasteiger partial charge is 0.389 e. The number of hydrogen-bond donors (Lipinski definition) is 1. The first-order valence-electron chi connectivity index (χ1n) is 6.16. The van der Waals surface area contributed by atoms with E-state index in [2.05, 4.69) is 23.7 Å². The molecule has 0 aliphatic carbocycles. The van der Waals surface area contributed by atoms with Crippen LogP contribution in [0.2, 0.25) is 0 Å². The van der Waals surface area contributed by atoms with E-state index in [1.165, 1.54) is 0 Å². The van der Waals surface area contributed by atoms with Crippen LogP contribution >= 0.6 is 11.8 Å². The number of thioether (sulfide) groups is 1. The van der Waals surface area contributed by atoms with Crippen molar-refractivity contribution in [2.75, 3.05) is 25.4 Å². The van der Waals surface area contributed by atoms with Crippen molar-refractivity contribution in [2.24, 2.45) is 0 Å². The van der Waals surface area contributed by atoms with Crippen LogP contribution in [-0.4, -0.2) is 40.4 Å². The van der Waals surface area contributed by atoms with E-state index in [4.69, 9.17) is 0 Å². The maximum absolute atomic E-state index is 9.49. The third kappa shape index (κ3) is 5.06. The number of aliphatic hydroxyl groups excluding tert-OH is 1. The van der Waals surface area contributed by atoms with E-state index in [0.29, 0.717) is 0 Å². The Balaban J connectivity index is 2.43. The highest BCUT2D eigenvalue weighted by Gasteiger charge is 2.04. The van der Waals surface area contributed by atoms with Gasteiger partial charge in [0.2, 0.25) is 0 Å². The van der Waals surface area contributed by atoms with E-state index >= 15 is 0 Å². The lowest BCUT2D eigenvalue weighted by atomic mass is 10.2. The van der Waals surface area contributed by atoms with Gasteiger partial charge in [0.05, 0.1) is 11.1 Å². The molecule has 1 aromatic heterocycles. The van der Waals surface area contributed by atoms with Crippen molar-refractivity contribution in [3.63, 3.8) is 0 Å². The highest BCUT2D eigenvalue weighted by Crippen LogP contribution is 2.19. The maximum Gasteiger partial charge on any atom is 0.0963 e. The van der Waals surface area contributed by atoms with Crippen molar-refractivity contribution in [1.82, 2.24) is 9.88 Å². The molecule has 0 saturated carbocycles. The van der Waals surface area contributed by atoms with Crippen LogP contribution in [-0.2, 0) is 0 Å². The molecule has 0 aliphatic heterocycles. The monoisotopic (exact) mass is 254 g/mol. The van der Waals surface area contributed by atoms with Crippen molar-refractivity contribution < 1.29 is 5.11 Å². The van der Waals surface area contributed by atoms with Crippen LogP contribution in [0.1, 0.15) is 32.4 Å². The summed E-state index contributed by atoms with van der Waals surface area (Å²) in [7, 11) is 0. The van der Waals surface area contributed by atoms with Crippen molar-refractivity contribution in [2.45, 2.75) is 31.9 Å². The van der Waals surface area contributed by atoms with E-state index < -0.39 is 6.10 Å². The molecule has 17 heavy (non-hydrogen) atoms. The van der Waals surface area contributed by atoms with E-state index in [1.54, 1.807) is 24.9 Å². The van der Waals surface area contributed by atoms with Crippen LogP contribution < -0.4 is 0 Å². The van der Waals surface area contributed by atoms with Gasteiger partial charge >= 0.3 is 0 Å². The first-order valence-corrected chi connectivity index (χ1v) is 7.15. The lowest BCUT2D eigenvalue weighted by Crippen LogP contribution is -2.25. The zero-order chi connectivity index (χ0) is 12.7. The molecule has 0 aromatic carbocycles. The van der Waals surface area contributed by atoms with Gasteiger partial charge in [-0.15, -0.1) is 11.8 Å². The molecule has 1 N–H and O–H groups in total. The lowest BCUT2D eigenvalue weighted by Gasteiger charge is -2.17. The average Bonchev–Trinajstić information content (AvgIpc) is 2.35. The Morgan fingerprint density at radius 1 is 1.41 bits per heavy atom. The Morgan fingerprint density at radius 2 is 2.12 bits per heavy atom. The normalized spacial score (nSPS) is 13.0. The summed E-state index contributed by atoms with van der Waals surface area (Å²) in [5.74, 6) is 1.04. The molecule has 0 fully saturated rings. The SMILES string of the molecule is CCN(CC)CCSc1cc([C@H](C)O)ccn1. The quantitative estimate of drug-likeness (QED) is 0.759. The first kappa shape index (κ1) is 14.5. The summed E-state index contributed by atoms with van der Waals surface area (Å²) >= 11 is 1.75. The van der Waals surface area contributed by atoms with Crippen molar-refractivity contribution in [1.29, 1.82) is 0 Å². The van der Waals surface area contributed by atoms with Gasteiger partial charge in [0.1, 0.15) is 0 Å². The molecule has 0 aliphatic rings. The van der Waals surface area contributed by atoms with Gasteiger partial charge in [0.15, 0.2) is 0 Å².